The third-order valence-electron chi connectivity index (χ3n) is 3.09. The van der Waals surface area contributed by atoms with Gasteiger partial charge in [0.05, 0.1) is 18.5 Å². The SMILES string of the molecule is COc1ccc(NCCCOCC2CC2)c(N)c1. The van der Waals surface area contributed by atoms with E-state index in [0.717, 1.165) is 43.5 Å². The monoisotopic (exact) mass is 250 g/mol. The lowest BCUT2D eigenvalue weighted by molar-refractivity contribution is 0.124. The number of nitrogen functional groups attached to an aromatic ring is 1. The molecule has 0 heterocycles. The van der Waals surface area contributed by atoms with Crippen LogP contribution in [-0.4, -0.2) is 26.9 Å². The Labute approximate surface area is 108 Å². The van der Waals surface area contributed by atoms with Crippen LogP contribution in [0.4, 0.5) is 11.4 Å². The van der Waals surface area contributed by atoms with E-state index in [4.69, 9.17) is 15.2 Å². The first-order chi connectivity index (χ1) is 8.79. The van der Waals surface area contributed by atoms with Gasteiger partial charge in [0.15, 0.2) is 0 Å². The Morgan fingerprint density at radius 3 is 2.89 bits per heavy atom. The Morgan fingerprint density at radius 2 is 2.22 bits per heavy atom. The summed E-state index contributed by atoms with van der Waals surface area (Å²) in [6.45, 7) is 2.63. The number of hydrogen-bond donors (Lipinski definition) is 2. The zero-order chi connectivity index (χ0) is 12.8. The quantitative estimate of drug-likeness (QED) is 0.550. The van der Waals surface area contributed by atoms with Crippen LogP contribution in [0.2, 0.25) is 0 Å². The molecule has 0 aromatic heterocycles. The molecule has 0 bridgehead atoms. The van der Waals surface area contributed by atoms with E-state index in [2.05, 4.69) is 5.32 Å². The number of rotatable bonds is 8. The summed E-state index contributed by atoms with van der Waals surface area (Å²) in [5.74, 6) is 1.63. The molecule has 0 aliphatic heterocycles. The normalized spacial score (nSPS) is 14.5. The molecule has 0 amide bonds. The van der Waals surface area contributed by atoms with Crippen molar-refractivity contribution in [3.8, 4) is 5.75 Å². The summed E-state index contributed by atoms with van der Waals surface area (Å²) in [7, 11) is 1.64. The van der Waals surface area contributed by atoms with Crippen LogP contribution < -0.4 is 15.8 Å². The van der Waals surface area contributed by atoms with E-state index in [-0.39, 0.29) is 0 Å². The highest BCUT2D eigenvalue weighted by Gasteiger charge is 2.20. The third kappa shape index (κ3) is 4.11. The van der Waals surface area contributed by atoms with Crippen molar-refractivity contribution in [3.63, 3.8) is 0 Å². The number of hydrogen-bond acceptors (Lipinski definition) is 4. The predicted octanol–water partition coefficient (Wildman–Crippen LogP) is 2.51. The highest BCUT2D eigenvalue weighted by Crippen LogP contribution is 2.28. The van der Waals surface area contributed by atoms with E-state index in [9.17, 15) is 0 Å². The summed E-state index contributed by atoms with van der Waals surface area (Å²) in [4.78, 5) is 0. The minimum Gasteiger partial charge on any atom is -0.497 e. The number of methoxy groups -OCH3 is 1. The van der Waals surface area contributed by atoms with Crippen molar-refractivity contribution in [2.75, 3.05) is 37.9 Å². The van der Waals surface area contributed by atoms with Crippen LogP contribution in [0, 0.1) is 5.92 Å². The smallest absolute Gasteiger partial charge is 0.121 e. The molecule has 4 nitrogen and oxygen atoms in total. The minimum atomic E-state index is 0.716. The number of ether oxygens (including phenoxy) is 2. The molecule has 1 fully saturated rings. The summed E-state index contributed by atoms with van der Waals surface area (Å²) in [6.07, 6.45) is 3.69. The van der Waals surface area contributed by atoms with Crippen molar-refractivity contribution in [1.29, 1.82) is 0 Å². The Kier molecular flexibility index (Phi) is 4.70. The maximum atomic E-state index is 5.91. The number of nitrogens with two attached hydrogens (primary N) is 1. The molecule has 1 aliphatic rings. The fourth-order valence-corrected chi connectivity index (χ4v) is 1.76. The molecule has 3 N–H and O–H groups in total. The Bertz CT molecular complexity index is 378. The molecule has 1 aromatic carbocycles. The first-order valence-electron chi connectivity index (χ1n) is 6.54. The van der Waals surface area contributed by atoms with E-state index in [1.54, 1.807) is 7.11 Å². The van der Waals surface area contributed by atoms with Crippen molar-refractivity contribution < 1.29 is 9.47 Å². The molecule has 0 saturated heterocycles. The lowest BCUT2D eigenvalue weighted by atomic mass is 10.2. The van der Waals surface area contributed by atoms with Crippen molar-refractivity contribution in [1.82, 2.24) is 0 Å². The van der Waals surface area contributed by atoms with Gasteiger partial charge in [-0.3, -0.25) is 0 Å². The zero-order valence-electron chi connectivity index (χ0n) is 10.9. The second kappa shape index (κ2) is 6.50. The number of nitrogens with one attached hydrogen (secondary N) is 1. The largest absolute Gasteiger partial charge is 0.497 e. The molecule has 4 heteroatoms. The van der Waals surface area contributed by atoms with Crippen molar-refractivity contribution in [2.45, 2.75) is 19.3 Å². The maximum Gasteiger partial charge on any atom is 0.121 e. The standard InChI is InChI=1S/C14H22N2O2/c1-17-12-5-6-14(13(15)9-12)16-7-2-8-18-10-11-3-4-11/h5-6,9,11,16H,2-4,7-8,10,15H2,1H3. The van der Waals surface area contributed by atoms with Crippen LogP contribution >= 0.6 is 0 Å². The van der Waals surface area contributed by atoms with Gasteiger partial charge in [0.25, 0.3) is 0 Å². The van der Waals surface area contributed by atoms with Gasteiger partial charge in [0.1, 0.15) is 5.75 Å². The van der Waals surface area contributed by atoms with Gasteiger partial charge in [-0.15, -0.1) is 0 Å². The van der Waals surface area contributed by atoms with Gasteiger partial charge in [-0.25, -0.2) is 0 Å². The molecule has 1 aromatic rings. The summed E-state index contributed by atoms with van der Waals surface area (Å²) >= 11 is 0. The predicted molar refractivity (Wildman–Crippen MR) is 74.1 cm³/mol. The Balaban J connectivity index is 1.62. The third-order valence-corrected chi connectivity index (χ3v) is 3.09. The van der Waals surface area contributed by atoms with E-state index in [1.165, 1.54) is 12.8 Å². The molecule has 18 heavy (non-hydrogen) atoms. The minimum absolute atomic E-state index is 0.716. The highest BCUT2D eigenvalue weighted by atomic mass is 16.5. The molecule has 1 aliphatic carbocycles. The summed E-state index contributed by atoms with van der Waals surface area (Å²) in [5.41, 5.74) is 7.58. The molecule has 100 valence electrons. The van der Waals surface area contributed by atoms with E-state index in [0.29, 0.717) is 5.69 Å². The first-order valence-corrected chi connectivity index (χ1v) is 6.54. The summed E-state index contributed by atoms with van der Waals surface area (Å²) in [6, 6.07) is 5.67. The average molecular weight is 250 g/mol. The van der Waals surface area contributed by atoms with Crippen LogP contribution in [0.15, 0.2) is 18.2 Å². The second-order valence-corrected chi connectivity index (χ2v) is 4.75. The van der Waals surface area contributed by atoms with Gasteiger partial charge in [0.2, 0.25) is 0 Å². The topological polar surface area (TPSA) is 56.5 Å². The van der Waals surface area contributed by atoms with Gasteiger partial charge >= 0.3 is 0 Å². The van der Waals surface area contributed by atoms with E-state index < -0.39 is 0 Å². The van der Waals surface area contributed by atoms with E-state index in [1.807, 2.05) is 18.2 Å². The first kappa shape index (κ1) is 13.0. The fourth-order valence-electron chi connectivity index (χ4n) is 1.76. The van der Waals surface area contributed by atoms with Crippen LogP contribution in [0.1, 0.15) is 19.3 Å². The molecule has 0 radical (unpaired) electrons. The van der Waals surface area contributed by atoms with E-state index >= 15 is 0 Å². The van der Waals surface area contributed by atoms with Gasteiger partial charge in [-0.1, -0.05) is 0 Å². The molecule has 1 saturated carbocycles. The molecular weight excluding hydrogens is 228 g/mol. The zero-order valence-corrected chi connectivity index (χ0v) is 10.9. The van der Waals surface area contributed by atoms with Gasteiger partial charge in [0, 0.05) is 25.8 Å². The summed E-state index contributed by atoms with van der Waals surface area (Å²) in [5, 5.41) is 3.31. The van der Waals surface area contributed by atoms with Crippen LogP contribution in [0.25, 0.3) is 0 Å². The molecule has 0 unspecified atom stereocenters. The molecule has 0 spiro atoms. The van der Waals surface area contributed by atoms with Gasteiger partial charge < -0.3 is 20.5 Å². The van der Waals surface area contributed by atoms with Crippen LogP contribution in [-0.2, 0) is 4.74 Å². The maximum absolute atomic E-state index is 5.91. The van der Waals surface area contributed by atoms with Gasteiger partial charge in [-0.2, -0.15) is 0 Å². The van der Waals surface area contributed by atoms with Crippen molar-refractivity contribution >= 4 is 11.4 Å². The lowest BCUT2D eigenvalue weighted by Crippen LogP contribution is -2.08. The number of anilines is 2. The van der Waals surface area contributed by atoms with Crippen LogP contribution in [0.5, 0.6) is 5.75 Å². The Morgan fingerprint density at radius 1 is 1.39 bits per heavy atom. The van der Waals surface area contributed by atoms with Crippen LogP contribution in [0.3, 0.4) is 0 Å². The van der Waals surface area contributed by atoms with Crippen molar-refractivity contribution in [3.05, 3.63) is 18.2 Å². The Hall–Kier alpha value is -1.42. The van der Waals surface area contributed by atoms with Crippen molar-refractivity contribution in [2.24, 2.45) is 5.92 Å². The average Bonchev–Trinajstić information content (AvgIpc) is 3.19. The van der Waals surface area contributed by atoms with Gasteiger partial charge in [-0.05, 0) is 37.3 Å². The number of benzene rings is 1. The molecule has 2 rings (SSSR count). The summed E-state index contributed by atoms with van der Waals surface area (Å²) < 4.78 is 10.7. The highest BCUT2D eigenvalue weighted by molar-refractivity contribution is 5.68. The molecule has 0 atom stereocenters. The fraction of sp³-hybridized carbons (Fsp3) is 0.571. The molecular formula is C14H22N2O2. The second-order valence-electron chi connectivity index (χ2n) is 4.75. The lowest BCUT2D eigenvalue weighted by Gasteiger charge is -2.10.